The highest BCUT2D eigenvalue weighted by atomic mass is 16.5. The predicted molar refractivity (Wildman–Crippen MR) is 66.6 cm³/mol. The summed E-state index contributed by atoms with van der Waals surface area (Å²) in [5, 5.41) is 8.14. The largest absolute Gasteiger partial charge is 0.468 e. The molecule has 0 fully saturated rings. The summed E-state index contributed by atoms with van der Waals surface area (Å²) in [6.45, 7) is 4.16. The summed E-state index contributed by atoms with van der Waals surface area (Å²) in [5.41, 5.74) is 8.51. The van der Waals surface area contributed by atoms with E-state index in [-0.39, 0.29) is 12.5 Å². The van der Waals surface area contributed by atoms with Crippen LogP contribution in [-0.4, -0.2) is 29.8 Å². The first-order valence-electron chi connectivity index (χ1n) is 5.25. The Morgan fingerprint density at radius 1 is 1.47 bits per heavy atom. The van der Waals surface area contributed by atoms with Crippen molar-refractivity contribution >= 4 is 16.9 Å². The summed E-state index contributed by atoms with van der Waals surface area (Å²) in [6.07, 6.45) is 1.86. The van der Waals surface area contributed by atoms with Crippen molar-refractivity contribution < 1.29 is 9.53 Å². The number of esters is 1. The molecule has 0 bridgehead atoms. The maximum atomic E-state index is 9.83. The van der Waals surface area contributed by atoms with Gasteiger partial charge in [0.25, 0.3) is 0 Å². The number of aromatic nitrogens is 2. The first kappa shape index (κ1) is 13.2. The second kappa shape index (κ2) is 6.00. The average Bonchev–Trinajstić information content (AvgIpc) is 2.77. The van der Waals surface area contributed by atoms with E-state index in [1.165, 1.54) is 23.6 Å². The number of H-pyrrole nitrogens is 1. The Kier molecular flexibility index (Phi) is 4.66. The lowest BCUT2D eigenvalue weighted by Crippen LogP contribution is -2.14. The quantitative estimate of drug-likeness (QED) is 0.730. The molecule has 0 amide bonds. The highest BCUT2D eigenvalue weighted by Crippen LogP contribution is 2.16. The Morgan fingerprint density at radius 3 is 2.71 bits per heavy atom. The molecule has 2 rings (SSSR count). The monoisotopic (exact) mass is 235 g/mol. The molecule has 0 saturated heterocycles. The topological polar surface area (TPSA) is 81.0 Å². The molecule has 0 unspecified atom stereocenters. The van der Waals surface area contributed by atoms with Gasteiger partial charge in [-0.2, -0.15) is 5.10 Å². The fourth-order valence-corrected chi connectivity index (χ4v) is 1.50. The zero-order chi connectivity index (χ0) is 12.8. The number of benzene rings is 1. The third-order valence-electron chi connectivity index (χ3n) is 2.28. The van der Waals surface area contributed by atoms with E-state index in [1.54, 1.807) is 0 Å². The molecule has 2 aromatic rings. The third kappa shape index (κ3) is 3.57. The standard InChI is InChI=1S/C9H10N2.C3H7NO2/c1-6-3-7(2)9-8(4-6)5-10-11-9;1-6-3(5)2-4/h3-5H,1-2H3,(H,10,11);2,4H2,1H3. The minimum absolute atomic E-state index is 0.0312. The van der Waals surface area contributed by atoms with Crippen LogP contribution in [0.3, 0.4) is 0 Å². The number of hydrogen-bond acceptors (Lipinski definition) is 4. The predicted octanol–water partition coefficient (Wildman–Crippen LogP) is 1.30. The van der Waals surface area contributed by atoms with E-state index >= 15 is 0 Å². The van der Waals surface area contributed by atoms with Crippen LogP contribution < -0.4 is 5.73 Å². The molecule has 5 heteroatoms. The molecular formula is C12H17N3O2. The number of carbonyl (C=O) groups is 1. The van der Waals surface area contributed by atoms with Crippen molar-refractivity contribution in [3.63, 3.8) is 0 Å². The minimum atomic E-state index is -0.380. The van der Waals surface area contributed by atoms with Crippen molar-refractivity contribution in [3.05, 3.63) is 29.5 Å². The van der Waals surface area contributed by atoms with Gasteiger partial charge in [-0.15, -0.1) is 0 Å². The molecule has 1 heterocycles. The molecule has 3 N–H and O–H groups in total. The molecule has 0 saturated carbocycles. The van der Waals surface area contributed by atoms with Crippen molar-refractivity contribution in [2.45, 2.75) is 13.8 Å². The summed E-state index contributed by atoms with van der Waals surface area (Å²) < 4.78 is 4.14. The lowest BCUT2D eigenvalue weighted by atomic mass is 10.1. The lowest BCUT2D eigenvalue weighted by molar-refractivity contribution is -0.138. The summed E-state index contributed by atoms with van der Waals surface area (Å²) >= 11 is 0. The number of carbonyl (C=O) groups excluding carboxylic acids is 1. The number of fused-ring (bicyclic) bond motifs is 1. The zero-order valence-electron chi connectivity index (χ0n) is 10.3. The number of nitrogens with zero attached hydrogens (tertiary/aromatic N) is 1. The molecule has 1 aromatic carbocycles. The van der Waals surface area contributed by atoms with E-state index in [9.17, 15) is 4.79 Å². The van der Waals surface area contributed by atoms with Gasteiger partial charge in [0.2, 0.25) is 0 Å². The van der Waals surface area contributed by atoms with Crippen LogP contribution in [-0.2, 0) is 9.53 Å². The van der Waals surface area contributed by atoms with Crippen LogP contribution in [0, 0.1) is 13.8 Å². The maximum absolute atomic E-state index is 9.83. The van der Waals surface area contributed by atoms with Gasteiger partial charge in [-0.1, -0.05) is 11.6 Å². The van der Waals surface area contributed by atoms with E-state index in [2.05, 4.69) is 40.9 Å². The van der Waals surface area contributed by atoms with Gasteiger partial charge in [-0.3, -0.25) is 9.89 Å². The smallest absolute Gasteiger partial charge is 0.319 e. The molecule has 0 aliphatic carbocycles. The number of hydrogen-bond donors (Lipinski definition) is 2. The van der Waals surface area contributed by atoms with Crippen LogP contribution in [0.2, 0.25) is 0 Å². The Labute approximate surface area is 100.0 Å². The molecule has 0 atom stereocenters. The molecule has 0 aliphatic rings. The molecule has 5 nitrogen and oxygen atoms in total. The maximum Gasteiger partial charge on any atom is 0.319 e. The van der Waals surface area contributed by atoms with Gasteiger partial charge >= 0.3 is 5.97 Å². The Balaban J connectivity index is 0.000000209. The van der Waals surface area contributed by atoms with Crippen LogP contribution >= 0.6 is 0 Å². The first-order valence-corrected chi connectivity index (χ1v) is 5.25. The molecule has 0 radical (unpaired) electrons. The van der Waals surface area contributed by atoms with Crippen molar-refractivity contribution in [3.8, 4) is 0 Å². The van der Waals surface area contributed by atoms with Crippen LogP contribution in [0.1, 0.15) is 11.1 Å². The van der Waals surface area contributed by atoms with E-state index in [0.717, 1.165) is 5.52 Å². The van der Waals surface area contributed by atoms with Crippen molar-refractivity contribution in [1.82, 2.24) is 10.2 Å². The van der Waals surface area contributed by atoms with Crippen molar-refractivity contribution in [2.24, 2.45) is 5.73 Å². The van der Waals surface area contributed by atoms with Gasteiger partial charge in [0.15, 0.2) is 0 Å². The summed E-state index contributed by atoms with van der Waals surface area (Å²) in [7, 11) is 1.30. The lowest BCUT2D eigenvalue weighted by Gasteiger charge is -1.96. The number of nitrogens with one attached hydrogen (secondary N) is 1. The summed E-state index contributed by atoms with van der Waals surface area (Å²) in [6, 6.07) is 4.28. The van der Waals surface area contributed by atoms with Crippen LogP contribution in [0.15, 0.2) is 18.3 Å². The Hall–Kier alpha value is -1.88. The van der Waals surface area contributed by atoms with E-state index < -0.39 is 0 Å². The normalized spacial score (nSPS) is 9.65. The summed E-state index contributed by atoms with van der Waals surface area (Å²) in [5.74, 6) is -0.380. The Bertz CT molecular complexity index is 499. The van der Waals surface area contributed by atoms with Crippen LogP contribution in [0.25, 0.3) is 10.9 Å². The van der Waals surface area contributed by atoms with E-state index in [0.29, 0.717) is 0 Å². The van der Waals surface area contributed by atoms with E-state index in [1.807, 2.05) is 6.20 Å². The van der Waals surface area contributed by atoms with Gasteiger partial charge in [0.05, 0.1) is 25.4 Å². The Morgan fingerprint density at radius 2 is 2.18 bits per heavy atom. The second-order valence-electron chi connectivity index (χ2n) is 3.70. The molecule has 1 aromatic heterocycles. The number of rotatable bonds is 1. The van der Waals surface area contributed by atoms with Gasteiger partial charge in [0, 0.05) is 5.39 Å². The zero-order valence-corrected chi connectivity index (χ0v) is 10.3. The van der Waals surface area contributed by atoms with Gasteiger partial charge in [-0.25, -0.2) is 0 Å². The van der Waals surface area contributed by atoms with E-state index in [4.69, 9.17) is 5.73 Å². The number of ether oxygens (including phenoxy) is 1. The molecule has 0 aliphatic heterocycles. The molecule has 0 spiro atoms. The summed E-state index contributed by atoms with van der Waals surface area (Å²) in [4.78, 5) is 9.83. The minimum Gasteiger partial charge on any atom is -0.468 e. The van der Waals surface area contributed by atoms with Gasteiger partial charge in [-0.05, 0) is 25.5 Å². The van der Waals surface area contributed by atoms with Crippen molar-refractivity contribution in [1.29, 1.82) is 0 Å². The fourth-order valence-electron chi connectivity index (χ4n) is 1.50. The SMILES string of the molecule is COC(=O)CN.Cc1cc(C)c2[nH]ncc2c1. The first-order chi connectivity index (χ1) is 8.08. The molecule has 92 valence electrons. The third-order valence-corrected chi connectivity index (χ3v) is 2.28. The highest BCUT2D eigenvalue weighted by molar-refractivity contribution is 5.81. The number of nitrogens with two attached hydrogens (primary N) is 1. The van der Waals surface area contributed by atoms with Crippen molar-refractivity contribution in [2.75, 3.05) is 13.7 Å². The molecular weight excluding hydrogens is 218 g/mol. The number of aryl methyl sites for hydroxylation is 2. The van der Waals surface area contributed by atoms with Gasteiger partial charge in [0.1, 0.15) is 0 Å². The molecule has 17 heavy (non-hydrogen) atoms. The number of aromatic amines is 1. The fraction of sp³-hybridized carbons (Fsp3) is 0.333. The number of methoxy groups -OCH3 is 1. The second-order valence-corrected chi connectivity index (χ2v) is 3.70. The highest BCUT2D eigenvalue weighted by Gasteiger charge is 1.98. The van der Waals surface area contributed by atoms with Gasteiger partial charge < -0.3 is 10.5 Å². The van der Waals surface area contributed by atoms with Crippen LogP contribution in [0.4, 0.5) is 0 Å². The van der Waals surface area contributed by atoms with Crippen LogP contribution in [0.5, 0.6) is 0 Å². The average molecular weight is 235 g/mol.